The molecule has 0 amide bonds. The Labute approximate surface area is 118 Å². The molecule has 0 radical (unpaired) electrons. The lowest BCUT2D eigenvalue weighted by Gasteiger charge is -2.49. The van der Waals surface area contributed by atoms with Gasteiger partial charge in [-0.2, -0.15) is 0 Å². The number of hydrogen-bond acceptors (Lipinski definition) is 4. The third kappa shape index (κ3) is 1.73. The van der Waals surface area contributed by atoms with E-state index in [9.17, 15) is 4.39 Å². The lowest BCUT2D eigenvalue weighted by molar-refractivity contribution is 0.276. The minimum atomic E-state index is -0.269. The lowest BCUT2D eigenvalue weighted by Crippen LogP contribution is -2.58. The molecule has 1 aromatic rings. The highest BCUT2D eigenvalue weighted by Gasteiger charge is 2.43. The zero-order valence-corrected chi connectivity index (χ0v) is 11.7. The minimum Gasteiger partial charge on any atom is -0.344 e. The smallest absolute Gasteiger partial charge is 0.153 e. The van der Waals surface area contributed by atoms with Crippen LogP contribution in [0.25, 0.3) is 0 Å². The van der Waals surface area contributed by atoms with Crippen LogP contribution in [0.1, 0.15) is 12.8 Å². The Morgan fingerprint density at radius 2 is 2.15 bits per heavy atom. The third-order valence-corrected chi connectivity index (χ3v) is 4.54. The van der Waals surface area contributed by atoms with Gasteiger partial charge < -0.3 is 14.7 Å². The minimum absolute atomic E-state index is 0.264. The van der Waals surface area contributed by atoms with Crippen LogP contribution in [0.15, 0.2) is 24.5 Å². The van der Waals surface area contributed by atoms with Gasteiger partial charge in [0.15, 0.2) is 5.82 Å². The molecule has 1 aromatic heterocycles. The predicted octanol–water partition coefficient (Wildman–Crippen LogP) is 1.84. The molecule has 2 fully saturated rings. The topological polar surface area (TPSA) is 22.6 Å². The van der Waals surface area contributed by atoms with E-state index in [4.69, 9.17) is 0 Å². The summed E-state index contributed by atoms with van der Waals surface area (Å²) >= 11 is 0. The highest BCUT2D eigenvalue weighted by atomic mass is 19.1. The fourth-order valence-corrected chi connectivity index (χ4v) is 3.36. The van der Waals surface area contributed by atoms with Crippen LogP contribution in [0.2, 0.25) is 0 Å². The van der Waals surface area contributed by atoms with Crippen molar-refractivity contribution >= 4 is 11.5 Å². The van der Waals surface area contributed by atoms with Crippen molar-refractivity contribution in [2.45, 2.75) is 24.9 Å². The van der Waals surface area contributed by atoms with Crippen LogP contribution in [0.3, 0.4) is 0 Å². The molecule has 2 aliphatic heterocycles. The number of halogens is 1. The van der Waals surface area contributed by atoms with Crippen molar-refractivity contribution in [3.63, 3.8) is 0 Å². The second-order valence-electron chi connectivity index (χ2n) is 6.06. The Hall–Kier alpha value is -1.62. The normalized spacial score (nSPS) is 26.5. The number of piperazine rings is 1. The Balaban J connectivity index is 1.83. The maximum Gasteiger partial charge on any atom is 0.153 e. The molecule has 3 heterocycles. The van der Waals surface area contributed by atoms with Crippen molar-refractivity contribution in [2.24, 2.45) is 0 Å². The zero-order chi connectivity index (χ0) is 13.9. The van der Waals surface area contributed by atoms with Gasteiger partial charge in [0.05, 0.1) is 17.9 Å². The van der Waals surface area contributed by atoms with Gasteiger partial charge in [0, 0.05) is 37.4 Å². The van der Waals surface area contributed by atoms with Crippen LogP contribution < -0.4 is 9.80 Å². The second kappa shape index (κ2) is 4.19. The first-order valence-corrected chi connectivity index (χ1v) is 7.24. The number of rotatable bonds is 1. The summed E-state index contributed by atoms with van der Waals surface area (Å²) in [4.78, 5) is 11.2. The number of anilines is 2. The summed E-state index contributed by atoms with van der Waals surface area (Å²) < 4.78 is 13.6. The van der Waals surface area contributed by atoms with E-state index in [2.05, 4.69) is 33.3 Å². The monoisotopic (exact) mass is 274 g/mol. The van der Waals surface area contributed by atoms with Crippen LogP contribution in [-0.4, -0.2) is 48.6 Å². The van der Waals surface area contributed by atoms with Gasteiger partial charge in [-0.25, -0.2) is 9.37 Å². The third-order valence-electron chi connectivity index (χ3n) is 4.54. The van der Waals surface area contributed by atoms with Gasteiger partial charge in [0.2, 0.25) is 0 Å². The van der Waals surface area contributed by atoms with Gasteiger partial charge >= 0.3 is 0 Å². The lowest BCUT2D eigenvalue weighted by atomic mass is 10.0. The Kier molecular flexibility index (Phi) is 2.54. The first-order valence-electron chi connectivity index (χ1n) is 7.24. The summed E-state index contributed by atoms with van der Waals surface area (Å²) in [5.74, 6) is 0.651. The number of fused-ring (bicyclic) bond motifs is 3. The Morgan fingerprint density at radius 1 is 1.35 bits per heavy atom. The number of likely N-dealkylation sites (N-methyl/N-ethyl adjacent to an activating group) is 1. The molecular formula is C15H19FN4. The highest BCUT2D eigenvalue weighted by molar-refractivity contribution is 5.76. The van der Waals surface area contributed by atoms with Crippen LogP contribution in [0.5, 0.6) is 0 Å². The fourth-order valence-electron chi connectivity index (χ4n) is 3.36. The molecule has 5 heteroatoms. The summed E-state index contributed by atoms with van der Waals surface area (Å²) in [7, 11) is 2.14. The summed E-state index contributed by atoms with van der Waals surface area (Å²) in [5, 5.41) is 0. The van der Waals surface area contributed by atoms with E-state index in [-0.39, 0.29) is 11.9 Å². The van der Waals surface area contributed by atoms with E-state index in [0.717, 1.165) is 49.7 Å². The first-order chi connectivity index (χ1) is 9.65. The average molecular weight is 274 g/mol. The van der Waals surface area contributed by atoms with Crippen LogP contribution in [0, 0.1) is 5.82 Å². The maximum absolute atomic E-state index is 13.6. The number of hydrogen-bond donors (Lipinski definition) is 0. The molecular weight excluding hydrogens is 255 g/mol. The second-order valence-corrected chi connectivity index (χ2v) is 6.06. The van der Waals surface area contributed by atoms with Crippen LogP contribution in [0.4, 0.5) is 15.9 Å². The Bertz CT molecular complexity index is 569. The summed E-state index contributed by atoms with van der Waals surface area (Å²) in [5.41, 5.74) is 2.00. The van der Waals surface area contributed by atoms with Gasteiger partial charge in [-0.15, -0.1) is 0 Å². The van der Waals surface area contributed by atoms with E-state index in [1.54, 1.807) is 6.07 Å². The molecule has 0 N–H and O–H groups in total. The molecule has 106 valence electrons. The van der Waals surface area contributed by atoms with Crippen molar-refractivity contribution in [2.75, 3.05) is 36.5 Å². The quantitative estimate of drug-likeness (QED) is 0.779. The van der Waals surface area contributed by atoms with E-state index in [1.165, 1.54) is 6.20 Å². The van der Waals surface area contributed by atoms with Crippen LogP contribution >= 0.6 is 0 Å². The van der Waals surface area contributed by atoms with Crippen molar-refractivity contribution in [3.05, 3.63) is 30.4 Å². The molecule has 1 aliphatic carbocycles. The predicted molar refractivity (Wildman–Crippen MR) is 77.5 cm³/mol. The van der Waals surface area contributed by atoms with Gasteiger partial charge in [-0.3, -0.25) is 0 Å². The van der Waals surface area contributed by atoms with Gasteiger partial charge in [-0.1, -0.05) is 6.58 Å². The highest BCUT2D eigenvalue weighted by Crippen LogP contribution is 2.45. The van der Waals surface area contributed by atoms with Gasteiger partial charge in [0.25, 0.3) is 0 Å². The first kappa shape index (κ1) is 12.1. The number of pyridine rings is 1. The molecule has 1 saturated heterocycles. The van der Waals surface area contributed by atoms with E-state index < -0.39 is 0 Å². The molecule has 1 saturated carbocycles. The van der Waals surface area contributed by atoms with Gasteiger partial charge in [0.1, 0.15) is 5.82 Å². The Morgan fingerprint density at radius 3 is 2.90 bits per heavy atom. The molecule has 0 bridgehead atoms. The molecule has 4 nitrogen and oxygen atoms in total. The largest absolute Gasteiger partial charge is 0.344 e. The SMILES string of the molecule is C=C1[C@H]2CN(C)CCN2c2ncc(F)cc2N1C1CC1. The van der Waals surface area contributed by atoms with Crippen molar-refractivity contribution in [1.29, 1.82) is 0 Å². The molecule has 0 spiro atoms. The maximum atomic E-state index is 13.6. The summed E-state index contributed by atoms with van der Waals surface area (Å²) in [6.45, 7) is 7.20. The zero-order valence-electron chi connectivity index (χ0n) is 11.7. The molecule has 3 aliphatic rings. The molecule has 4 rings (SSSR count). The molecule has 0 unspecified atom stereocenters. The average Bonchev–Trinajstić information content (AvgIpc) is 3.24. The summed E-state index contributed by atoms with van der Waals surface area (Å²) in [6.07, 6.45) is 3.66. The van der Waals surface area contributed by atoms with Gasteiger partial charge in [-0.05, 0) is 19.9 Å². The molecule has 0 aromatic carbocycles. The van der Waals surface area contributed by atoms with E-state index in [1.807, 2.05) is 0 Å². The van der Waals surface area contributed by atoms with Crippen molar-refractivity contribution in [3.8, 4) is 0 Å². The number of nitrogens with zero attached hydrogens (tertiary/aromatic N) is 4. The molecule has 20 heavy (non-hydrogen) atoms. The van der Waals surface area contributed by atoms with Crippen molar-refractivity contribution in [1.82, 2.24) is 9.88 Å². The standard InChI is InChI=1S/C15H19FN4/c1-10-14-9-18(2)5-6-19(14)15-13(7-11(16)8-17-15)20(10)12-3-4-12/h7-8,12,14H,1,3-6,9H2,2H3/t14-/m1/s1. The van der Waals surface area contributed by atoms with Crippen LogP contribution in [-0.2, 0) is 0 Å². The molecule has 1 atom stereocenters. The van der Waals surface area contributed by atoms with E-state index in [0.29, 0.717) is 6.04 Å². The fraction of sp³-hybridized carbons (Fsp3) is 0.533. The van der Waals surface area contributed by atoms with E-state index >= 15 is 0 Å². The number of aromatic nitrogens is 1. The van der Waals surface area contributed by atoms with Crippen molar-refractivity contribution < 1.29 is 4.39 Å². The summed E-state index contributed by atoms with van der Waals surface area (Å²) in [6, 6.07) is 2.36.